The van der Waals surface area contributed by atoms with Crippen LogP contribution in [0.15, 0.2) is 55.0 Å². The van der Waals surface area contributed by atoms with Crippen molar-refractivity contribution in [3.8, 4) is 0 Å². The van der Waals surface area contributed by atoms with Gasteiger partial charge in [0.15, 0.2) is 0 Å². The number of fused-ring (bicyclic) bond motifs is 1. The number of aliphatic hydroxyl groups excluding tert-OH is 1. The molecule has 6 nitrogen and oxygen atoms in total. The third-order valence-electron chi connectivity index (χ3n) is 4.92. The minimum absolute atomic E-state index is 0.00792. The van der Waals surface area contributed by atoms with Crippen LogP contribution in [0.1, 0.15) is 28.4 Å². The van der Waals surface area contributed by atoms with Gasteiger partial charge < -0.3 is 15.3 Å². The van der Waals surface area contributed by atoms with Crippen LogP contribution in [-0.4, -0.2) is 33.2 Å². The van der Waals surface area contributed by atoms with Crippen LogP contribution in [0.25, 0.3) is 0 Å². The van der Waals surface area contributed by atoms with E-state index in [0.29, 0.717) is 6.54 Å². The van der Waals surface area contributed by atoms with Crippen molar-refractivity contribution >= 4 is 11.6 Å². The van der Waals surface area contributed by atoms with E-state index in [1.54, 1.807) is 6.33 Å². The number of benzene rings is 1. The standard InChI is InChI=1S/C21H23N5O/c1-15-7-8-20(22-11-15)26-10-9-18-17(12-26)21(24-14-23-18)25-19(13-27)16-5-3-2-4-6-16/h2-8,11,14,19,27H,9-10,12-13H2,1H3,(H,23,24,25). The SMILES string of the molecule is Cc1ccc(N2CCc3ncnc(NC(CO)c4ccccc4)c3C2)nc1. The summed E-state index contributed by atoms with van der Waals surface area (Å²) in [6, 6.07) is 13.8. The van der Waals surface area contributed by atoms with E-state index in [0.717, 1.165) is 47.0 Å². The van der Waals surface area contributed by atoms with Gasteiger partial charge in [-0.25, -0.2) is 15.0 Å². The minimum atomic E-state index is -0.210. The van der Waals surface area contributed by atoms with E-state index in [-0.39, 0.29) is 12.6 Å². The van der Waals surface area contributed by atoms with Gasteiger partial charge >= 0.3 is 0 Å². The van der Waals surface area contributed by atoms with Gasteiger partial charge in [0.05, 0.1) is 18.3 Å². The Morgan fingerprint density at radius 1 is 1.11 bits per heavy atom. The van der Waals surface area contributed by atoms with Crippen molar-refractivity contribution in [2.24, 2.45) is 0 Å². The molecule has 0 spiro atoms. The predicted molar refractivity (Wildman–Crippen MR) is 106 cm³/mol. The Kier molecular flexibility index (Phi) is 4.98. The lowest BCUT2D eigenvalue weighted by Gasteiger charge is -2.31. The molecule has 0 bridgehead atoms. The van der Waals surface area contributed by atoms with E-state index in [1.165, 1.54) is 0 Å². The molecule has 1 atom stereocenters. The quantitative estimate of drug-likeness (QED) is 0.728. The average molecular weight is 361 g/mol. The van der Waals surface area contributed by atoms with Crippen LogP contribution in [0.2, 0.25) is 0 Å². The fourth-order valence-electron chi connectivity index (χ4n) is 3.39. The molecule has 2 aromatic heterocycles. The van der Waals surface area contributed by atoms with Crippen LogP contribution in [0.4, 0.5) is 11.6 Å². The van der Waals surface area contributed by atoms with Gasteiger partial charge in [-0.1, -0.05) is 36.4 Å². The summed E-state index contributed by atoms with van der Waals surface area (Å²) < 4.78 is 0. The van der Waals surface area contributed by atoms with E-state index < -0.39 is 0 Å². The summed E-state index contributed by atoms with van der Waals surface area (Å²) in [6.07, 6.45) is 4.33. The number of pyridine rings is 1. The fourth-order valence-corrected chi connectivity index (χ4v) is 3.39. The molecule has 3 heterocycles. The van der Waals surface area contributed by atoms with Gasteiger partial charge in [0.25, 0.3) is 0 Å². The first kappa shape index (κ1) is 17.4. The topological polar surface area (TPSA) is 74.2 Å². The molecule has 1 aliphatic heterocycles. The number of rotatable bonds is 5. The third-order valence-corrected chi connectivity index (χ3v) is 4.92. The van der Waals surface area contributed by atoms with E-state index in [2.05, 4.69) is 37.3 Å². The van der Waals surface area contributed by atoms with Crippen LogP contribution >= 0.6 is 0 Å². The monoisotopic (exact) mass is 361 g/mol. The Balaban J connectivity index is 1.60. The molecular weight excluding hydrogens is 338 g/mol. The summed E-state index contributed by atoms with van der Waals surface area (Å²) in [5.41, 5.74) is 4.30. The molecule has 27 heavy (non-hydrogen) atoms. The van der Waals surface area contributed by atoms with Crippen LogP contribution < -0.4 is 10.2 Å². The maximum Gasteiger partial charge on any atom is 0.135 e. The number of aromatic nitrogens is 3. The molecule has 0 aliphatic carbocycles. The second-order valence-electron chi connectivity index (χ2n) is 6.80. The van der Waals surface area contributed by atoms with Crippen molar-refractivity contribution in [3.63, 3.8) is 0 Å². The van der Waals surface area contributed by atoms with Gasteiger partial charge in [-0.05, 0) is 24.1 Å². The molecule has 0 fully saturated rings. The van der Waals surface area contributed by atoms with Crippen molar-refractivity contribution in [2.45, 2.75) is 25.9 Å². The Morgan fingerprint density at radius 2 is 1.96 bits per heavy atom. The number of aliphatic hydroxyl groups is 1. The van der Waals surface area contributed by atoms with E-state index in [9.17, 15) is 5.11 Å². The number of hydrogen-bond donors (Lipinski definition) is 2. The van der Waals surface area contributed by atoms with Crippen molar-refractivity contribution in [1.82, 2.24) is 15.0 Å². The third kappa shape index (κ3) is 3.75. The maximum atomic E-state index is 9.87. The first-order valence-corrected chi connectivity index (χ1v) is 9.17. The van der Waals surface area contributed by atoms with Gasteiger partial charge in [0.1, 0.15) is 18.0 Å². The minimum Gasteiger partial charge on any atom is -0.394 e. The summed E-state index contributed by atoms with van der Waals surface area (Å²) in [4.78, 5) is 15.7. The highest BCUT2D eigenvalue weighted by molar-refractivity contribution is 5.53. The first-order valence-electron chi connectivity index (χ1n) is 9.17. The molecule has 1 unspecified atom stereocenters. The van der Waals surface area contributed by atoms with Gasteiger partial charge in [0, 0.05) is 31.3 Å². The summed E-state index contributed by atoms with van der Waals surface area (Å²) in [7, 11) is 0. The molecule has 138 valence electrons. The summed E-state index contributed by atoms with van der Waals surface area (Å²) in [6.45, 7) is 3.60. The Morgan fingerprint density at radius 3 is 2.70 bits per heavy atom. The largest absolute Gasteiger partial charge is 0.394 e. The van der Waals surface area contributed by atoms with Gasteiger partial charge in [0.2, 0.25) is 0 Å². The van der Waals surface area contributed by atoms with Crippen molar-refractivity contribution in [1.29, 1.82) is 0 Å². The number of anilines is 2. The van der Waals surface area contributed by atoms with Gasteiger partial charge in [-0.2, -0.15) is 0 Å². The highest BCUT2D eigenvalue weighted by Gasteiger charge is 2.23. The Labute approximate surface area is 158 Å². The highest BCUT2D eigenvalue weighted by Crippen LogP contribution is 2.28. The molecule has 6 heteroatoms. The summed E-state index contributed by atoms with van der Waals surface area (Å²) in [5.74, 6) is 1.74. The average Bonchev–Trinajstić information content (AvgIpc) is 2.73. The molecule has 0 amide bonds. The second kappa shape index (κ2) is 7.72. The molecule has 0 saturated heterocycles. The molecular formula is C21H23N5O. The Hall–Kier alpha value is -2.99. The molecule has 1 aliphatic rings. The molecule has 2 N–H and O–H groups in total. The summed E-state index contributed by atoms with van der Waals surface area (Å²) in [5, 5.41) is 13.3. The molecule has 0 radical (unpaired) electrons. The molecule has 3 aromatic rings. The summed E-state index contributed by atoms with van der Waals surface area (Å²) >= 11 is 0. The van der Waals surface area contributed by atoms with Crippen LogP contribution in [0, 0.1) is 6.92 Å². The number of nitrogens with one attached hydrogen (secondary N) is 1. The van der Waals surface area contributed by atoms with Crippen LogP contribution in [-0.2, 0) is 13.0 Å². The number of nitrogens with zero attached hydrogens (tertiary/aromatic N) is 4. The highest BCUT2D eigenvalue weighted by atomic mass is 16.3. The zero-order valence-electron chi connectivity index (χ0n) is 15.3. The lowest BCUT2D eigenvalue weighted by molar-refractivity contribution is 0.276. The zero-order valence-corrected chi connectivity index (χ0v) is 15.3. The number of hydrogen-bond acceptors (Lipinski definition) is 6. The molecule has 4 rings (SSSR count). The Bertz CT molecular complexity index is 898. The second-order valence-corrected chi connectivity index (χ2v) is 6.80. The lowest BCUT2D eigenvalue weighted by Crippen LogP contribution is -2.33. The first-order chi connectivity index (χ1) is 13.2. The lowest BCUT2D eigenvalue weighted by atomic mass is 10.0. The zero-order chi connectivity index (χ0) is 18.6. The molecule has 0 saturated carbocycles. The van der Waals surface area contributed by atoms with Crippen molar-refractivity contribution in [2.75, 3.05) is 23.4 Å². The predicted octanol–water partition coefficient (Wildman–Crippen LogP) is 2.89. The maximum absolute atomic E-state index is 9.87. The normalized spacial score (nSPS) is 14.5. The van der Waals surface area contributed by atoms with E-state index in [4.69, 9.17) is 0 Å². The van der Waals surface area contributed by atoms with Crippen LogP contribution in [0.3, 0.4) is 0 Å². The van der Waals surface area contributed by atoms with Crippen molar-refractivity contribution < 1.29 is 5.11 Å². The van der Waals surface area contributed by atoms with Crippen LogP contribution in [0.5, 0.6) is 0 Å². The number of aryl methyl sites for hydroxylation is 1. The molecule has 1 aromatic carbocycles. The van der Waals surface area contributed by atoms with Gasteiger partial charge in [-0.3, -0.25) is 0 Å². The smallest absolute Gasteiger partial charge is 0.135 e. The van der Waals surface area contributed by atoms with E-state index >= 15 is 0 Å². The van der Waals surface area contributed by atoms with Crippen molar-refractivity contribution in [3.05, 3.63) is 77.4 Å². The van der Waals surface area contributed by atoms with E-state index in [1.807, 2.05) is 43.5 Å². The fraction of sp³-hybridized carbons (Fsp3) is 0.286. The van der Waals surface area contributed by atoms with Gasteiger partial charge in [-0.15, -0.1) is 0 Å².